The number of nitrogens with one attached hydrogen (secondary N) is 1. The highest BCUT2D eigenvalue weighted by molar-refractivity contribution is 9.11. The van der Waals surface area contributed by atoms with Crippen molar-refractivity contribution in [3.63, 3.8) is 0 Å². The minimum atomic E-state index is 0.650. The Hall–Kier alpha value is -1.18. The molecule has 2 aromatic rings. The lowest BCUT2D eigenvalue weighted by Crippen LogP contribution is -2.19. The third kappa shape index (κ3) is 3.91. The van der Waals surface area contributed by atoms with E-state index in [-0.39, 0.29) is 0 Å². The summed E-state index contributed by atoms with van der Waals surface area (Å²) in [6, 6.07) is 3.98. The smallest absolute Gasteiger partial charge is 0.145 e. The maximum absolute atomic E-state index is 5.48. The fraction of sp³-hybridized carbons (Fsp3) is 0.385. The van der Waals surface area contributed by atoms with E-state index >= 15 is 0 Å². The van der Waals surface area contributed by atoms with Crippen molar-refractivity contribution in [2.75, 3.05) is 17.4 Å². The molecule has 0 spiro atoms. The number of nitrogens with zero attached hydrogens (tertiary/aromatic N) is 3. The zero-order valence-corrected chi connectivity index (χ0v) is 14.0. The third-order valence-corrected chi connectivity index (χ3v) is 4.37. The van der Waals surface area contributed by atoms with Gasteiger partial charge >= 0.3 is 0 Å². The molecule has 0 unspecified atom stereocenters. The van der Waals surface area contributed by atoms with Crippen LogP contribution in [0.2, 0.25) is 0 Å². The summed E-state index contributed by atoms with van der Waals surface area (Å²) >= 11 is 5.17. The van der Waals surface area contributed by atoms with Gasteiger partial charge in [-0.1, -0.05) is 6.92 Å². The quantitative estimate of drug-likeness (QED) is 0.615. The normalized spacial score (nSPS) is 10.6. The molecular weight excluding hydrogens is 338 g/mol. The Morgan fingerprint density at radius 1 is 1.40 bits per heavy atom. The van der Waals surface area contributed by atoms with Gasteiger partial charge in [0.05, 0.1) is 3.79 Å². The van der Waals surface area contributed by atoms with E-state index < -0.39 is 0 Å². The topological polar surface area (TPSA) is 67.1 Å². The van der Waals surface area contributed by atoms with Crippen LogP contribution in [0.4, 0.5) is 11.6 Å². The molecular formula is C13H18BrN5S. The van der Waals surface area contributed by atoms with Gasteiger partial charge in [-0.25, -0.2) is 15.8 Å². The predicted octanol–water partition coefficient (Wildman–Crippen LogP) is 3.18. The predicted molar refractivity (Wildman–Crippen MR) is 88.0 cm³/mol. The molecule has 0 saturated carbocycles. The van der Waals surface area contributed by atoms with Crippen molar-refractivity contribution < 1.29 is 0 Å². The number of hydrogen-bond donors (Lipinski definition) is 2. The number of nitrogen functional groups attached to an aromatic ring is 1. The van der Waals surface area contributed by atoms with Crippen LogP contribution in [-0.2, 0) is 13.0 Å². The van der Waals surface area contributed by atoms with Crippen LogP contribution in [0, 0.1) is 0 Å². The van der Waals surface area contributed by atoms with E-state index in [1.165, 1.54) is 5.56 Å². The first-order valence-corrected chi connectivity index (χ1v) is 8.08. The van der Waals surface area contributed by atoms with Crippen LogP contribution in [0.1, 0.15) is 24.7 Å². The average molecular weight is 356 g/mol. The highest BCUT2D eigenvalue weighted by atomic mass is 79.9. The molecule has 3 N–H and O–H groups in total. The lowest BCUT2D eigenvalue weighted by Gasteiger charge is -2.19. The maximum Gasteiger partial charge on any atom is 0.145 e. The molecule has 0 aliphatic carbocycles. The summed E-state index contributed by atoms with van der Waals surface area (Å²) in [7, 11) is 2.02. The highest BCUT2D eigenvalue weighted by Crippen LogP contribution is 2.23. The van der Waals surface area contributed by atoms with Crippen LogP contribution in [0.25, 0.3) is 0 Å². The van der Waals surface area contributed by atoms with E-state index in [9.17, 15) is 0 Å². The molecule has 0 aliphatic heterocycles. The van der Waals surface area contributed by atoms with E-state index in [1.54, 1.807) is 11.3 Å². The van der Waals surface area contributed by atoms with Crippen molar-refractivity contribution >= 4 is 38.9 Å². The summed E-state index contributed by atoms with van der Waals surface area (Å²) in [5.74, 6) is 7.82. The summed E-state index contributed by atoms with van der Waals surface area (Å²) in [4.78, 5) is 11.0. The number of anilines is 2. The van der Waals surface area contributed by atoms with Crippen molar-refractivity contribution in [3.05, 3.63) is 32.7 Å². The minimum absolute atomic E-state index is 0.650. The zero-order chi connectivity index (χ0) is 14.5. The van der Waals surface area contributed by atoms with Crippen molar-refractivity contribution in [2.24, 2.45) is 5.84 Å². The van der Waals surface area contributed by atoms with Gasteiger partial charge in [0, 0.05) is 26.1 Å². The van der Waals surface area contributed by atoms with Crippen LogP contribution in [0.3, 0.4) is 0 Å². The van der Waals surface area contributed by atoms with Crippen molar-refractivity contribution in [2.45, 2.75) is 26.3 Å². The number of aryl methyl sites for hydroxylation is 1. The molecule has 5 nitrogen and oxygen atoms in total. The van der Waals surface area contributed by atoms with Gasteiger partial charge in [0.2, 0.25) is 0 Å². The molecule has 0 fully saturated rings. The van der Waals surface area contributed by atoms with Gasteiger partial charge in [0.15, 0.2) is 0 Å². The number of rotatable bonds is 6. The Morgan fingerprint density at radius 3 is 2.80 bits per heavy atom. The van der Waals surface area contributed by atoms with Crippen molar-refractivity contribution in [1.82, 2.24) is 9.97 Å². The molecule has 20 heavy (non-hydrogen) atoms. The molecule has 0 aliphatic rings. The first-order valence-electron chi connectivity index (χ1n) is 6.41. The van der Waals surface area contributed by atoms with E-state index in [0.717, 1.165) is 34.8 Å². The van der Waals surface area contributed by atoms with E-state index in [0.29, 0.717) is 5.82 Å². The minimum Gasteiger partial charge on any atom is -0.355 e. The second-order valence-electron chi connectivity index (χ2n) is 4.54. The monoisotopic (exact) mass is 355 g/mol. The SMILES string of the molecule is CCCc1nc(NN)cc(N(C)Cc2csc(Br)c2)n1. The molecule has 2 aromatic heterocycles. The van der Waals surface area contributed by atoms with Gasteiger partial charge in [-0.05, 0) is 39.4 Å². The fourth-order valence-corrected chi connectivity index (χ4v) is 3.07. The van der Waals surface area contributed by atoms with E-state index in [2.05, 4.69) is 54.6 Å². The molecule has 0 bridgehead atoms. The summed E-state index contributed by atoms with van der Waals surface area (Å²) in [6.07, 6.45) is 1.86. The summed E-state index contributed by atoms with van der Waals surface area (Å²) < 4.78 is 1.14. The van der Waals surface area contributed by atoms with Crippen molar-refractivity contribution in [3.8, 4) is 0 Å². The summed E-state index contributed by atoms with van der Waals surface area (Å²) in [5, 5.41) is 2.14. The number of aromatic nitrogens is 2. The van der Waals surface area contributed by atoms with Gasteiger partial charge in [0.1, 0.15) is 17.5 Å². The van der Waals surface area contributed by atoms with Crippen LogP contribution in [0.5, 0.6) is 0 Å². The van der Waals surface area contributed by atoms with Gasteiger partial charge in [-0.3, -0.25) is 0 Å². The number of hydrazine groups is 1. The molecule has 2 heterocycles. The van der Waals surface area contributed by atoms with E-state index in [4.69, 9.17) is 5.84 Å². The molecule has 0 radical (unpaired) electrons. The second-order valence-corrected chi connectivity index (χ2v) is 6.83. The molecule has 0 atom stereocenters. The first-order chi connectivity index (χ1) is 9.62. The molecule has 2 rings (SSSR count). The van der Waals surface area contributed by atoms with Crippen LogP contribution >= 0.6 is 27.3 Å². The third-order valence-electron chi connectivity index (χ3n) is 2.81. The first kappa shape index (κ1) is 15.2. The molecule has 0 amide bonds. The summed E-state index contributed by atoms with van der Waals surface area (Å²) in [6.45, 7) is 2.91. The largest absolute Gasteiger partial charge is 0.355 e. The molecule has 0 saturated heterocycles. The average Bonchev–Trinajstić information content (AvgIpc) is 2.84. The van der Waals surface area contributed by atoms with Crippen LogP contribution < -0.4 is 16.2 Å². The van der Waals surface area contributed by atoms with Crippen molar-refractivity contribution in [1.29, 1.82) is 0 Å². The Balaban J connectivity index is 2.19. The summed E-state index contributed by atoms with van der Waals surface area (Å²) in [5.41, 5.74) is 3.86. The maximum atomic E-state index is 5.48. The standard InChI is InChI=1S/C13H18BrN5S/c1-3-4-11-16-12(18-15)6-13(17-11)19(2)7-9-5-10(14)20-8-9/h5-6,8H,3-4,7,15H2,1-2H3,(H,16,17,18). The second kappa shape index (κ2) is 7.01. The molecule has 108 valence electrons. The Morgan fingerprint density at radius 2 is 2.20 bits per heavy atom. The van der Waals surface area contributed by atoms with Gasteiger partial charge in [0.25, 0.3) is 0 Å². The van der Waals surface area contributed by atoms with Gasteiger partial charge in [-0.2, -0.15) is 0 Å². The van der Waals surface area contributed by atoms with Crippen LogP contribution in [0.15, 0.2) is 21.3 Å². The van der Waals surface area contributed by atoms with Crippen LogP contribution in [-0.4, -0.2) is 17.0 Å². The number of halogens is 1. The zero-order valence-electron chi connectivity index (χ0n) is 11.6. The Kier molecular flexibility index (Phi) is 5.33. The Labute approximate surface area is 131 Å². The Bertz CT molecular complexity index is 572. The molecule has 0 aromatic carbocycles. The highest BCUT2D eigenvalue weighted by Gasteiger charge is 2.09. The fourth-order valence-electron chi connectivity index (χ4n) is 1.87. The number of hydrogen-bond acceptors (Lipinski definition) is 6. The number of thiophene rings is 1. The van der Waals surface area contributed by atoms with E-state index in [1.807, 2.05) is 13.1 Å². The molecule has 7 heteroatoms. The lowest BCUT2D eigenvalue weighted by molar-refractivity contribution is 0.813. The lowest BCUT2D eigenvalue weighted by atomic mass is 10.3. The van der Waals surface area contributed by atoms with Gasteiger partial charge in [-0.15, -0.1) is 11.3 Å². The number of nitrogens with two attached hydrogens (primary N) is 1. The van der Waals surface area contributed by atoms with Gasteiger partial charge < -0.3 is 10.3 Å².